The molecule has 1 aliphatic carbocycles. The summed E-state index contributed by atoms with van der Waals surface area (Å²) in [4.78, 5) is 107. The van der Waals surface area contributed by atoms with E-state index in [1.165, 1.54) is 21.4 Å². The molecule has 3 heterocycles. The molecule has 444 valence electrons. The molecule has 0 radical (unpaired) electrons. The predicted octanol–water partition coefficient (Wildman–Crippen LogP) is 8.19. The zero-order valence-electron chi connectivity index (χ0n) is 50.4. The first-order valence-corrected chi connectivity index (χ1v) is 29.0. The molecule has 0 spiro atoms. The fraction of sp³-hybridized carbons (Fsp3) is 0.492. The molecular formula is C65H85N9O9. The zero-order chi connectivity index (χ0) is 60.3. The smallest absolute Gasteiger partial charge is 0.410 e. The third-order valence-corrected chi connectivity index (χ3v) is 16.5. The Hall–Kier alpha value is -7.57. The van der Waals surface area contributed by atoms with Gasteiger partial charge in [0, 0.05) is 51.8 Å². The molecular weight excluding hydrogens is 1050 g/mol. The van der Waals surface area contributed by atoms with Gasteiger partial charge in [0.2, 0.25) is 29.5 Å². The summed E-state index contributed by atoms with van der Waals surface area (Å²) in [5.74, 6) is -2.02. The molecule has 18 nitrogen and oxygen atoms in total. The lowest BCUT2D eigenvalue weighted by atomic mass is 9.84. The van der Waals surface area contributed by atoms with Crippen molar-refractivity contribution >= 4 is 52.6 Å². The number of benzene rings is 4. The first kappa shape index (κ1) is 61.5. The number of carbonyl (C=O) groups excluding carboxylic acids is 7. The number of fused-ring (bicyclic) bond motifs is 3. The van der Waals surface area contributed by atoms with Crippen molar-refractivity contribution in [1.82, 2.24) is 40.1 Å². The van der Waals surface area contributed by atoms with Gasteiger partial charge in [0.25, 0.3) is 0 Å². The summed E-state index contributed by atoms with van der Waals surface area (Å²) in [6.07, 6.45) is 3.83. The minimum atomic E-state index is -1.14. The summed E-state index contributed by atoms with van der Waals surface area (Å²) >= 11 is 0. The van der Waals surface area contributed by atoms with Crippen LogP contribution in [0, 0.1) is 10.8 Å². The number of hydrogen-bond donors (Lipinski definition) is 4. The molecule has 0 bridgehead atoms. The molecule has 1 aromatic heterocycles. The summed E-state index contributed by atoms with van der Waals surface area (Å²) < 4.78 is 12.8. The van der Waals surface area contributed by atoms with E-state index in [1.54, 1.807) is 50.8 Å². The Labute approximate surface area is 488 Å². The van der Waals surface area contributed by atoms with Gasteiger partial charge >= 0.3 is 12.1 Å². The lowest BCUT2D eigenvalue weighted by Gasteiger charge is -2.43. The van der Waals surface area contributed by atoms with Gasteiger partial charge in [-0.3, -0.25) is 33.4 Å². The molecule has 3 aliphatic rings. The van der Waals surface area contributed by atoms with Gasteiger partial charge in [0.1, 0.15) is 29.8 Å². The molecule has 5 N–H and O–H groups in total. The number of likely N-dealkylation sites (N-methyl/N-ethyl adjacent to an activating group) is 1. The Balaban J connectivity index is 1.06. The lowest BCUT2D eigenvalue weighted by molar-refractivity contribution is -0.151. The highest BCUT2D eigenvalue weighted by Gasteiger charge is 2.47. The molecule has 1 fully saturated rings. The van der Waals surface area contributed by atoms with E-state index in [-0.39, 0.29) is 56.4 Å². The number of nitrogens with two attached hydrogens (primary N) is 1. The van der Waals surface area contributed by atoms with Crippen LogP contribution in [0.1, 0.15) is 134 Å². The first-order valence-electron chi connectivity index (χ1n) is 29.0. The van der Waals surface area contributed by atoms with Crippen LogP contribution in [0.2, 0.25) is 0 Å². The van der Waals surface area contributed by atoms with E-state index in [0.717, 1.165) is 51.6 Å². The van der Waals surface area contributed by atoms with Gasteiger partial charge in [0.05, 0.1) is 36.3 Å². The van der Waals surface area contributed by atoms with Gasteiger partial charge in [-0.15, -0.1) is 0 Å². The first-order chi connectivity index (χ1) is 39.1. The Kier molecular flexibility index (Phi) is 18.6. The fourth-order valence-electron chi connectivity index (χ4n) is 11.5. The van der Waals surface area contributed by atoms with Crippen LogP contribution in [0.3, 0.4) is 0 Å². The number of likely N-dealkylation sites (tertiary alicyclic amines) is 1. The molecule has 1 saturated heterocycles. The number of hydrogen-bond acceptors (Lipinski definition) is 10. The molecule has 83 heavy (non-hydrogen) atoms. The molecule has 0 unspecified atom stereocenters. The predicted molar refractivity (Wildman–Crippen MR) is 318 cm³/mol. The number of nitrogens with zero attached hydrogens (tertiary/aromatic N) is 5. The molecule has 2 aliphatic heterocycles. The van der Waals surface area contributed by atoms with Crippen molar-refractivity contribution in [3.05, 3.63) is 143 Å². The molecule has 0 saturated carbocycles. The number of aromatic nitrogens is 1. The van der Waals surface area contributed by atoms with Crippen molar-refractivity contribution in [3.8, 4) is 0 Å². The van der Waals surface area contributed by atoms with E-state index in [0.29, 0.717) is 18.4 Å². The van der Waals surface area contributed by atoms with Crippen LogP contribution in [0.5, 0.6) is 0 Å². The number of ether oxygens (including phenoxy) is 2. The highest BCUT2D eigenvalue weighted by molar-refractivity contribution is 5.96. The van der Waals surface area contributed by atoms with Crippen LogP contribution in [-0.4, -0.2) is 135 Å². The highest BCUT2D eigenvalue weighted by Crippen LogP contribution is 2.35. The normalized spacial score (nSPS) is 19.5. The van der Waals surface area contributed by atoms with Crippen molar-refractivity contribution in [2.45, 2.75) is 168 Å². The maximum absolute atomic E-state index is 15.5. The van der Waals surface area contributed by atoms with Crippen molar-refractivity contribution < 1.29 is 43.0 Å². The van der Waals surface area contributed by atoms with Crippen LogP contribution >= 0.6 is 0 Å². The van der Waals surface area contributed by atoms with Gasteiger partial charge in [0.15, 0.2) is 0 Å². The number of methoxy groups -OCH3 is 1. The van der Waals surface area contributed by atoms with Crippen molar-refractivity contribution in [2.75, 3.05) is 27.3 Å². The second kappa shape index (κ2) is 25.1. The van der Waals surface area contributed by atoms with Crippen LogP contribution in [0.25, 0.3) is 10.9 Å². The van der Waals surface area contributed by atoms with Crippen LogP contribution in [0.4, 0.5) is 9.59 Å². The maximum Gasteiger partial charge on any atom is 0.410 e. The number of nitrogens with one attached hydrogen (secondary N) is 3. The Morgan fingerprint density at radius 2 is 1.42 bits per heavy atom. The second-order valence-corrected chi connectivity index (χ2v) is 25.8. The second-order valence-electron chi connectivity index (χ2n) is 25.8. The SMILES string of the molecule is COC[C@H](c1ccccc1)N(Cc1ccc2c(ccn2C(=O)N[C@H]2C[C@@H](C(=O)N[C@@H]3CCCc4ccccc43)N(C(=O)[C@@H](NC(=O)[C@H](C)N(C)C(=O)OC(C)(C)C)C(C)(C)C)C2)c1)C(=O)[C@@H]1Cc2ccccc2CN1C(=O)[C@@H](N)C(C)(C)C. The fourth-order valence-corrected chi connectivity index (χ4v) is 11.5. The van der Waals surface area contributed by atoms with E-state index in [9.17, 15) is 24.0 Å². The van der Waals surface area contributed by atoms with Crippen molar-refractivity contribution in [1.29, 1.82) is 0 Å². The van der Waals surface area contributed by atoms with Crippen LogP contribution < -0.4 is 21.7 Å². The minimum absolute atomic E-state index is 0.0330. The lowest BCUT2D eigenvalue weighted by Crippen LogP contribution is -2.60. The van der Waals surface area contributed by atoms with Crippen molar-refractivity contribution in [3.63, 3.8) is 0 Å². The van der Waals surface area contributed by atoms with Crippen LogP contribution in [0.15, 0.2) is 109 Å². The van der Waals surface area contributed by atoms with E-state index in [4.69, 9.17) is 15.2 Å². The third-order valence-electron chi connectivity index (χ3n) is 16.5. The largest absolute Gasteiger partial charge is 0.444 e. The number of carbonyl (C=O) groups is 7. The van der Waals surface area contributed by atoms with Gasteiger partial charge < -0.3 is 45.9 Å². The highest BCUT2D eigenvalue weighted by atomic mass is 16.6. The molecule has 18 heteroatoms. The number of rotatable bonds is 15. The average molecular weight is 1140 g/mol. The number of amides is 7. The summed E-state index contributed by atoms with van der Waals surface area (Å²) in [5.41, 5.74) is 10.8. The maximum atomic E-state index is 15.5. The summed E-state index contributed by atoms with van der Waals surface area (Å²) in [6, 6.07) is 26.1. The standard InChI is InChI=1S/C65H85N9O9/c1-40(70(11)62(81)83-65(8,9)10)56(75)69-55(64(5,6)7)60(79)74-38-47(35-51(74)57(76)68-49-28-20-26-42-21-18-19-27-48(42)49)67-61(80)71-32-31-45-33-41(29-30-50(45)71)36-72(53(39-82-12)43-22-14-13-15-23-43)58(77)52-34-44-24-16-17-25-46(44)37-73(52)59(78)54(66)63(2,3)4/h13-19,21-25,27,29-33,40,47,49,51-55H,20,26,28,34-39,66H2,1-12H3,(H,67,80)(H,68,76)(H,69,75)/t40-,47-,49+,51-,52-,53+,54+,55+/m0/s1. The third kappa shape index (κ3) is 14.1. The molecule has 5 aromatic rings. The van der Waals surface area contributed by atoms with E-state index in [2.05, 4.69) is 22.0 Å². The Morgan fingerprint density at radius 3 is 2.08 bits per heavy atom. The Bertz CT molecular complexity index is 3190. The average Bonchev–Trinajstić information content (AvgIpc) is 3.82. The Morgan fingerprint density at radius 1 is 0.759 bits per heavy atom. The molecule has 7 amide bonds. The van der Waals surface area contributed by atoms with Gasteiger partial charge in [-0.2, -0.15) is 0 Å². The summed E-state index contributed by atoms with van der Waals surface area (Å²) in [7, 11) is 3.06. The minimum Gasteiger partial charge on any atom is -0.444 e. The van der Waals surface area contributed by atoms with Crippen LogP contribution in [-0.2, 0) is 59.4 Å². The van der Waals surface area contributed by atoms with E-state index >= 15 is 9.59 Å². The van der Waals surface area contributed by atoms with E-state index < -0.39 is 82.7 Å². The van der Waals surface area contributed by atoms with Gasteiger partial charge in [-0.05, 0) is 116 Å². The number of aryl methyl sites for hydroxylation is 1. The van der Waals surface area contributed by atoms with Gasteiger partial charge in [-0.25, -0.2) is 9.59 Å². The monoisotopic (exact) mass is 1140 g/mol. The van der Waals surface area contributed by atoms with Crippen molar-refractivity contribution in [2.24, 2.45) is 16.6 Å². The molecule has 8 rings (SSSR count). The summed E-state index contributed by atoms with van der Waals surface area (Å²) in [6.45, 7) is 18.5. The zero-order valence-corrected chi connectivity index (χ0v) is 50.4. The topological polar surface area (TPSA) is 218 Å². The van der Waals surface area contributed by atoms with E-state index in [1.807, 2.05) is 139 Å². The quantitative estimate of drug-likeness (QED) is 0.0788. The summed E-state index contributed by atoms with van der Waals surface area (Å²) in [5, 5.41) is 10.0. The molecule has 4 aromatic carbocycles. The van der Waals surface area contributed by atoms with Gasteiger partial charge in [-0.1, -0.05) is 126 Å². The molecule has 8 atom stereocenters.